The number of nitrogens with zero attached hydrogens (tertiary/aromatic N) is 2. The van der Waals surface area contributed by atoms with Gasteiger partial charge < -0.3 is 14.9 Å². The van der Waals surface area contributed by atoms with E-state index in [9.17, 15) is 14.4 Å². The van der Waals surface area contributed by atoms with Crippen LogP contribution in [0.3, 0.4) is 0 Å². The van der Waals surface area contributed by atoms with Gasteiger partial charge in [-0.15, -0.1) is 0 Å². The molecule has 1 fully saturated rings. The maximum absolute atomic E-state index is 12.8. The second-order valence-corrected chi connectivity index (χ2v) is 6.96. The number of carboxylic acids is 1. The van der Waals surface area contributed by atoms with Crippen LogP contribution < -0.4 is 4.90 Å². The molecule has 3 rings (SSSR count). The molecule has 0 unspecified atom stereocenters. The molecule has 2 heterocycles. The van der Waals surface area contributed by atoms with Crippen molar-refractivity contribution in [3.05, 3.63) is 29.3 Å². The molecule has 0 aromatic heterocycles. The van der Waals surface area contributed by atoms with E-state index in [1.54, 1.807) is 17.9 Å². The molecule has 0 saturated carbocycles. The van der Waals surface area contributed by atoms with E-state index in [4.69, 9.17) is 5.11 Å². The van der Waals surface area contributed by atoms with E-state index < -0.39 is 5.97 Å². The molecule has 6 heteroatoms. The van der Waals surface area contributed by atoms with Gasteiger partial charge in [-0.3, -0.25) is 14.4 Å². The smallest absolute Gasteiger partial charge is 0.303 e. The Morgan fingerprint density at radius 1 is 1.24 bits per heavy atom. The fourth-order valence-electron chi connectivity index (χ4n) is 3.86. The van der Waals surface area contributed by atoms with Crippen molar-refractivity contribution in [2.45, 2.75) is 39.0 Å². The number of rotatable bonds is 4. The fraction of sp³-hybridized carbons (Fsp3) is 0.526. The molecule has 25 heavy (non-hydrogen) atoms. The molecule has 134 valence electrons. The number of carbonyl (C=O) groups is 3. The molecular weight excluding hydrogens is 320 g/mol. The Kier molecular flexibility index (Phi) is 5.06. The highest BCUT2D eigenvalue weighted by atomic mass is 16.4. The Hall–Kier alpha value is -2.37. The van der Waals surface area contributed by atoms with Crippen molar-refractivity contribution in [1.29, 1.82) is 0 Å². The van der Waals surface area contributed by atoms with E-state index in [-0.39, 0.29) is 24.2 Å². The van der Waals surface area contributed by atoms with Gasteiger partial charge in [-0.2, -0.15) is 0 Å². The summed E-state index contributed by atoms with van der Waals surface area (Å²) in [5.41, 5.74) is 2.60. The van der Waals surface area contributed by atoms with Crippen LogP contribution in [0.1, 0.15) is 48.5 Å². The lowest BCUT2D eigenvalue weighted by atomic mass is 9.93. The summed E-state index contributed by atoms with van der Waals surface area (Å²) in [6, 6.07) is 5.56. The third-order valence-corrected chi connectivity index (χ3v) is 5.17. The lowest BCUT2D eigenvalue weighted by Crippen LogP contribution is -2.40. The van der Waals surface area contributed by atoms with E-state index in [2.05, 4.69) is 0 Å². The highest BCUT2D eigenvalue weighted by molar-refractivity contribution is 5.98. The minimum absolute atomic E-state index is 0.00380. The van der Waals surface area contributed by atoms with Crippen molar-refractivity contribution in [1.82, 2.24) is 4.90 Å². The van der Waals surface area contributed by atoms with Crippen LogP contribution in [0.15, 0.2) is 18.2 Å². The largest absolute Gasteiger partial charge is 0.481 e. The number of benzene rings is 1. The zero-order valence-electron chi connectivity index (χ0n) is 14.5. The molecule has 1 aromatic carbocycles. The summed E-state index contributed by atoms with van der Waals surface area (Å²) in [4.78, 5) is 38.8. The second kappa shape index (κ2) is 7.25. The zero-order chi connectivity index (χ0) is 18.0. The van der Waals surface area contributed by atoms with E-state index in [0.717, 1.165) is 37.1 Å². The number of hydrogen-bond donors (Lipinski definition) is 1. The van der Waals surface area contributed by atoms with Gasteiger partial charge >= 0.3 is 5.97 Å². The van der Waals surface area contributed by atoms with Crippen LogP contribution in [0.25, 0.3) is 0 Å². The SMILES string of the molecule is CC(=O)N1CCc2cc(C(=O)N3CCC[C@@H](CCC(=O)O)C3)ccc21. The van der Waals surface area contributed by atoms with Crippen molar-refractivity contribution in [3.63, 3.8) is 0 Å². The molecule has 1 atom stereocenters. The topological polar surface area (TPSA) is 77.9 Å². The first-order valence-corrected chi connectivity index (χ1v) is 8.88. The van der Waals surface area contributed by atoms with E-state index in [0.29, 0.717) is 25.1 Å². The number of amides is 2. The van der Waals surface area contributed by atoms with Crippen molar-refractivity contribution in [2.24, 2.45) is 5.92 Å². The standard InChI is InChI=1S/C19H24N2O4/c1-13(22)21-10-8-15-11-16(5-6-17(15)21)19(25)20-9-2-3-14(12-20)4-7-18(23)24/h5-6,11,14H,2-4,7-10,12H2,1H3,(H,23,24)/t14-/m0/s1. The monoisotopic (exact) mass is 344 g/mol. The molecule has 6 nitrogen and oxygen atoms in total. The Bertz CT molecular complexity index is 701. The van der Waals surface area contributed by atoms with Crippen LogP contribution in [-0.2, 0) is 16.0 Å². The van der Waals surface area contributed by atoms with Crippen molar-refractivity contribution < 1.29 is 19.5 Å². The molecular formula is C19H24N2O4. The average molecular weight is 344 g/mol. The molecule has 2 aliphatic heterocycles. The number of carboxylic acid groups (broad SMARTS) is 1. The number of piperidine rings is 1. The van der Waals surface area contributed by atoms with Crippen LogP contribution in [0, 0.1) is 5.92 Å². The van der Waals surface area contributed by atoms with Crippen LogP contribution in [0.4, 0.5) is 5.69 Å². The number of aliphatic carboxylic acids is 1. The Balaban J connectivity index is 1.69. The number of likely N-dealkylation sites (tertiary alicyclic amines) is 1. The van der Waals surface area contributed by atoms with Crippen LogP contribution >= 0.6 is 0 Å². The summed E-state index contributed by atoms with van der Waals surface area (Å²) in [5, 5.41) is 8.84. The predicted molar refractivity (Wildman–Crippen MR) is 93.7 cm³/mol. The molecule has 0 aliphatic carbocycles. The quantitative estimate of drug-likeness (QED) is 0.909. The summed E-state index contributed by atoms with van der Waals surface area (Å²) < 4.78 is 0. The van der Waals surface area contributed by atoms with E-state index >= 15 is 0 Å². The first kappa shape index (κ1) is 17.5. The summed E-state index contributed by atoms with van der Waals surface area (Å²) in [6.45, 7) is 3.57. The highest BCUT2D eigenvalue weighted by Gasteiger charge is 2.27. The maximum atomic E-state index is 12.8. The summed E-state index contributed by atoms with van der Waals surface area (Å²) in [6.07, 6.45) is 3.45. The van der Waals surface area contributed by atoms with Gasteiger partial charge in [0.15, 0.2) is 0 Å². The predicted octanol–water partition coefficient (Wildman–Crippen LogP) is 2.31. The number of fused-ring (bicyclic) bond motifs is 1. The van der Waals surface area contributed by atoms with Crippen LogP contribution in [0.2, 0.25) is 0 Å². The highest BCUT2D eigenvalue weighted by Crippen LogP contribution is 2.30. The maximum Gasteiger partial charge on any atom is 0.303 e. The molecule has 0 radical (unpaired) electrons. The third-order valence-electron chi connectivity index (χ3n) is 5.17. The summed E-state index contributed by atoms with van der Waals surface area (Å²) >= 11 is 0. The number of hydrogen-bond acceptors (Lipinski definition) is 3. The minimum Gasteiger partial charge on any atom is -0.481 e. The molecule has 0 spiro atoms. The van der Waals surface area contributed by atoms with Crippen molar-refractivity contribution in [3.8, 4) is 0 Å². The van der Waals surface area contributed by atoms with Gasteiger partial charge in [0.25, 0.3) is 5.91 Å². The van der Waals surface area contributed by atoms with E-state index in [1.165, 1.54) is 0 Å². The minimum atomic E-state index is -0.780. The summed E-state index contributed by atoms with van der Waals surface area (Å²) in [7, 11) is 0. The van der Waals surface area contributed by atoms with Gasteiger partial charge in [-0.1, -0.05) is 0 Å². The normalized spacial score (nSPS) is 19.6. The summed E-state index contributed by atoms with van der Waals surface area (Å²) in [5.74, 6) is -0.493. The Labute approximate surface area is 147 Å². The van der Waals surface area contributed by atoms with Gasteiger partial charge in [0.2, 0.25) is 5.91 Å². The van der Waals surface area contributed by atoms with Gasteiger partial charge in [-0.05, 0) is 55.4 Å². The number of anilines is 1. The van der Waals surface area contributed by atoms with Gasteiger partial charge in [0.05, 0.1) is 0 Å². The molecule has 1 aromatic rings. The Morgan fingerprint density at radius 3 is 2.76 bits per heavy atom. The van der Waals surface area contributed by atoms with Crippen LogP contribution in [0.5, 0.6) is 0 Å². The van der Waals surface area contributed by atoms with Crippen molar-refractivity contribution >= 4 is 23.5 Å². The zero-order valence-corrected chi connectivity index (χ0v) is 14.5. The number of carbonyl (C=O) groups excluding carboxylic acids is 2. The molecule has 0 bridgehead atoms. The molecule has 2 aliphatic rings. The molecule has 1 saturated heterocycles. The van der Waals surface area contributed by atoms with Crippen molar-refractivity contribution in [2.75, 3.05) is 24.5 Å². The fourth-order valence-corrected chi connectivity index (χ4v) is 3.86. The molecule has 2 amide bonds. The molecule has 1 N–H and O–H groups in total. The lowest BCUT2D eigenvalue weighted by Gasteiger charge is -2.32. The first-order chi connectivity index (χ1) is 12.0. The average Bonchev–Trinajstić information content (AvgIpc) is 3.03. The van der Waals surface area contributed by atoms with Gasteiger partial charge in [0.1, 0.15) is 0 Å². The lowest BCUT2D eigenvalue weighted by molar-refractivity contribution is -0.137. The van der Waals surface area contributed by atoms with Gasteiger partial charge in [-0.25, -0.2) is 0 Å². The van der Waals surface area contributed by atoms with E-state index in [1.807, 2.05) is 17.0 Å². The van der Waals surface area contributed by atoms with Gasteiger partial charge in [0, 0.05) is 44.2 Å². The third kappa shape index (κ3) is 3.83. The Morgan fingerprint density at radius 2 is 2.04 bits per heavy atom. The van der Waals surface area contributed by atoms with Crippen LogP contribution in [-0.4, -0.2) is 47.4 Å². The second-order valence-electron chi connectivity index (χ2n) is 6.96. The first-order valence-electron chi connectivity index (χ1n) is 8.88.